The molecule has 3 N–H and O–H groups in total. The standard InChI is InChI=1S/C10H19NO/c1-7-5-8(7)9(2,12)10(6-11)3-4-10/h7-8,12H,3-6,11H2,1-2H3. The Kier molecular flexibility index (Phi) is 1.59. The predicted molar refractivity (Wildman–Crippen MR) is 48.6 cm³/mol. The Labute approximate surface area is 74.1 Å². The second-order valence-electron chi connectivity index (χ2n) is 4.95. The summed E-state index contributed by atoms with van der Waals surface area (Å²) < 4.78 is 0. The SMILES string of the molecule is CC1CC1C(C)(O)C1(CN)CC1. The summed E-state index contributed by atoms with van der Waals surface area (Å²) in [5, 5.41) is 10.3. The summed E-state index contributed by atoms with van der Waals surface area (Å²) in [6, 6.07) is 0. The number of nitrogens with two attached hydrogens (primary N) is 1. The molecule has 2 heteroatoms. The summed E-state index contributed by atoms with van der Waals surface area (Å²) in [6.45, 7) is 4.86. The minimum Gasteiger partial charge on any atom is -0.389 e. The van der Waals surface area contributed by atoms with E-state index in [1.165, 1.54) is 6.42 Å². The summed E-state index contributed by atoms with van der Waals surface area (Å²) in [6.07, 6.45) is 3.44. The van der Waals surface area contributed by atoms with Crippen molar-refractivity contribution in [1.29, 1.82) is 0 Å². The molecule has 0 aromatic carbocycles. The van der Waals surface area contributed by atoms with Gasteiger partial charge in [-0.05, 0) is 38.0 Å². The lowest BCUT2D eigenvalue weighted by molar-refractivity contribution is -0.0361. The van der Waals surface area contributed by atoms with Crippen molar-refractivity contribution in [3.05, 3.63) is 0 Å². The van der Waals surface area contributed by atoms with Gasteiger partial charge in [0, 0.05) is 12.0 Å². The van der Waals surface area contributed by atoms with Gasteiger partial charge in [0.2, 0.25) is 0 Å². The fourth-order valence-corrected chi connectivity index (χ4v) is 2.57. The van der Waals surface area contributed by atoms with Gasteiger partial charge in [0.25, 0.3) is 0 Å². The van der Waals surface area contributed by atoms with Gasteiger partial charge in [-0.25, -0.2) is 0 Å². The molecular formula is C10H19NO. The molecule has 0 saturated heterocycles. The fraction of sp³-hybridized carbons (Fsp3) is 1.00. The second-order valence-corrected chi connectivity index (χ2v) is 4.95. The van der Waals surface area contributed by atoms with Crippen molar-refractivity contribution in [2.45, 2.75) is 38.7 Å². The highest BCUT2D eigenvalue weighted by molar-refractivity contribution is 5.13. The highest BCUT2D eigenvalue weighted by atomic mass is 16.3. The van der Waals surface area contributed by atoms with Gasteiger partial charge in [-0.2, -0.15) is 0 Å². The summed E-state index contributed by atoms with van der Waals surface area (Å²) >= 11 is 0. The van der Waals surface area contributed by atoms with Gasteiger partial charge in [0.1, 0.15) is 0 Å². The van der Waals surface area contributed by atoms with Crippen LogP contribution >= 0.6 is 0 Å². The third kappa shape index (κ3) is 0.944. The zero-order chi connectivity index (χ0) is 8.98. The van der Waals surface area contributed by atoms with Crippen LogP contribution in [0.1, 0.15) is 33.1 Å². The summed E-state index contributed by atoms with van der Waals surface area (Å²) in [4.78, 5) is 0. The van der Waals surface area contributed by atoms with Crippen molar-refractivity contribution >= 4 is 0 Å². The van der Waals surface area contributed by atoms with Gasteiger partial charge in [0.15, 0.2) is 0 Å². The van der Waals surface area contributed by atoms with Crippen molar-refractivity contribution in [2.75, 3.05) is 6.54 Å². The van der Waals surface area contributed by atoms with E-state index in [4.69, 9.17) is 5.73 Å². The smallest absolute Gasteiger partial charge is 0.0718 e. The number of aliphatic hydroxyl groups is 1. The van der Waals surface area contributed by atoms with Crippen molar-refractivity contribution in [2.24, 2.45) is 23.0 Å². The average Bonchev–Trinajstić information content (AvgIpc) is 2.80. The fourth-order valence-electron chi connectivity index (χ4n) is 2.57. The maximum absolute atomic E-state index is 10.3. The van der Waals surface area contributed by atoms with E-state index in [1.54, 1.807) is 0 Å². The first-order valence-electron chi connectivity index (χ1n) is 4.96. The highest BCUT2D eigenvalue weighted by Gasteiger charge is 2.62. The molecule has 2 fully saturated rings. The molecule has 2 aliphatic rings. The summed E-state index contributed by atoms with van der Waals surface area (Å²) in [5.74, 6) is 1.23. The van der Waals surface area contributed by atoms with E-state index in [2.05, 4.69) is 6.92 Å². The normalized spacial score (nSPS) is 42.0. The molecule has 12 heavy (non-hydrogen) atoms. The van der Waals surface area contributed by atoms with E-state index < -0.39 is 5.60 Å². The molecule has 2 rings (SSSR count). The molecule has 0 aromatic rings. The van der Waals surface area contributed by atoms with Gasteiger partial charge in [0.05, 0.1) is 5.60 Å². The molecule has 3 atom stereocenters. The lowest BCUT2D eigenvalue weighted by Crippen LogP contribution is -2.43. The molecule has 0 spiro atoms. The molecule has 2 aliphatic carbocycles. The van der Waals surface area contributed by atoms with Crippen LogP contribution in [0.15, 0.2) is 0 Å². The van der Waals surface area contributed by atoms with E-state index in [1.807, 2.05) is 6.92 Å². The van der Waals surface area contributed by atoms with Crippen LogP contribution in [0.2, 0.25) is 0 Å². The van der Waals surface area contributed by atoms with E-state index in [0.717, 1.165) is 12.8 Å². The van der Waals surface area contributed by atoms with Gasteiger partial charge in [-0.3, -0.25) is 0 Å². The Morgan fingerprint density at radius 3 is 2.33 bits per heavy atom. The average molecular weight is 169 g/mol. The minimum atomic E-state index is -0.485. The third-order valence-corrected chi connectivity index (χ3v) is 4.15. The van der Waals surface area contributed by atoms with Gasteiger partial charge < -0.3 is 10.8 Å². The first-order chi connectivity index (χ1) is 5.53. The Morgan fingerprint density at radius 2 is 2.08 bits per heavy atom. The third-order valence-electron chi connectivity index (χ3n) is 4.15. The lowest BCUT2D eigenvalue weighted by atomic mass is 9.81. The Balaban J connectivity index is 2.10. The zero-order valence-electron chi connectivity index (χ0n) is 8.01. The van der Waals surface area contributed by atoms with E-state index >= 15 is 0 Å². The van der Waals surface area contributed by atoms with Crippen LogP contribution in [0.25, 0.3) is 0 Å². The quantitative estimate of drug-likeness (QED) is 0.665. The molecule has 0 bridgehead atoms. The monoisotopic (exact) mass is 169 g/mol. The van der Waals surface area contributed by atoms with Crippen LogP contribution in [-0.2, 0) is 0 Å². The highest BCUT2D eigenvalue weighted by Crippen LogP contribution is 2.62. The second kappa shape index (κ2) is 2.24. The molecule has 0 heterocycles. The summed E-state index contributed by atoms with van der Waals surface area (Å²) in [5.41, 5.74) is 5.31. The van der Waals surface area contributed by atoms with Gasteiger partial charge in [-0.15, -0.1) is 0 Å². The van der Waals surface area contributed by atoms with Crippen LogP contribution in [-0.4, -0.2) is 17.3 Å². The Morgan fingerprint density at radius 1 is 1.58 bits per heavy atom. The molecule has 0 amide bonds. The molecule has 0 aliphatic heterocycles. The maximum Gasteiger partial charge on any atom is 0.0718 e. The largest absolute Gasteiger partial charge is 0.389 e. The number of rotatable bonds is 3. The molecule has 0 radical (unpaired) electrons. The van der Waals surface area contributed by atoms with Crippen molar-refractivity contribution in [3.8, 4) is 0 Å². The molecule has 2 saturated carbocycles. The molecular weight excluding hydrogens is 150 g/mol. The topological polar surface area (TPSA) is 46.2 Å². The first-order valence-corrected chi connectivity index (χ1v) is 4.96. The van der Waals surface area contributed by atoms with Crippen LogP contribution in [0.4, 0.5) is 0 Å². The van der Waals surface area contributed by atoms with Crippen molar-refractivity contribution in [3.63, 3.8) is 0 Å². The molecule has 3 unspecified atom stereocenters. The van der Waals surface area contributed by atoms with Gasteiger partial charge in [-0.1, -0.05) is 6.92 Å². The van der Waals surface area contributed by atoms with Crippen LogP contribution < -0.4 is 5.73 Å². The molecule has 0 aromatic heterocycles. The maximum atomic E-state index is 10.3. The Bertz CT molecular complexity index is 196. The summed E-state index contributed by atoms with van der Waals surface area (Å²) in [7, 11) is 0. The Hall–Kier alpha value is -0.0800. The minimum absolute atomic E-state index is 0.0857. The number of hydrogen-bond donors (Lipinski definition) is 2. The molecule has 2 nitrogen and oxygen atoms in total. The first kappa shape index (κ1) is 8.52. The van der Waals surface area contributed by atoms with Gasteiger partial charge >= 0.3 is 0 Å². The van der Waals surface area contributed by atoms with Crippen LogP contribution in [0.5, 0.6) is 0 Å². The van der Waals surface area contributed by atoms with E-state index in [-0.39, 0.29) is 5.41 Å². The lowest BCUT2D eigenvalue weighted by Gasteiger charge is -2.33. The van der Waals surface area contributed by atoms with Crippen molar-refractivity contribution in [1.82, 2.24) is 0 Å². The van der Waals surface area contributed by atoms with E-state index in [9.17, 15) is 5.11 Å². The van der Waals surface area contributed by atoms with Crippen LogP contribution in [0.3, 0.4) is 0 Å². The van der Waals surface area contributed by atoms with Crippen LogP contribution in [0, 0.1) is 17.3 Å². The number of hydrogen-bond acceptors (Lipinski definition) is 2. The zero-order valence-corrected chi connectivity index (χ0v) is 8.01. The predicted octanol–water partition coefficient (Wildman–Crippen LogP) is 1.13. The van der Waals surface area contributed by atoms with Crippen molar-refractivity contribution < 1.29 is 5.11 Å². The van der Waals surface area contributed by atoms with E-state index in [0.29, 0.717) is 18.4 Å². The molecule has 70 valence electrons.